The molecule has 118 valence electrons. The zero-order chi connectivity index (χ0) is 16.1. The Labute approximate surface area is 126 Å². The maximum absolute atomic E-state index is 11.9. The van der Waals surface area contributed by atoms with Gasteiger partial charge >= 0.3 is 0 Å². The number of hydrogen-bond donors (Lipinski definition) is 2. The van der Waals surface area contributed by atoms with Crippen LogP contribution in [0.4, 0.5) is 5.69 Å². The largest absolute Gasteiger partial charge is 0.330 e. The zero-order valence-electron chi connectivity index (χ0n) is 12.8. The van der Waals surface area contributed by atoms with Crippen molar-refractivity contribution in [3.05, 3.63) is 24.3 Å². The van der Waals surface area contributed by atoms with Gasteiger partial charge in [-0.3, -0.25) is 4.79 Å². The van der Waals surface area contributed by atoms with Gasteiger partial charge in [-0.05, 0) is 49.1 Å². The number of anilines is 1. The number of benzene rings is 1. The maximum Gasteiger partial charge on any atom is 0.224 e. The number of rotatable bonds is 7. The summed E-state index contributed by atoms with van der Waals surface area (Å²) in [5.74, 6) is -0.0767. The van der Waals surface area contributed by atoms with Crippen LogP contribution < -0.4 is 11.1 Å². The van der Waals surface area contributed by atoms with Crippen LogP contribution in [-0.2, 0) is 14.6 Å². The lowest BCUT2D eigenvalue weighted by Crippen LogP contribution is -2.20. The van der Waals surface area contributed by atoms with Gasteiger partial charge in [-0.25, -0.2) is 8.42 Å². The van der Waals surface area contributed by atoms with Crippen LogP contribution in [0.2, 0.25) is 0 Å². The number of amides is 1. The van der Waals surface area contributed by atoms with E-state index in [0.29, 0.717) is 18.7 Å². The summed E-state index contributed by atoms with van der Waals surface area (Å²) in [6, 6.07) is 6.17. The molecule has 1 rings (SSSR count). The minimum atomic E-state index is -3.21. The van der Waals surface area contributed by atoms with Gasteiger partial charge in [0.1, 0.15) is 0 Å². The molecule has 0 atom stereocenters. The summed E-state index contributed by atoms with van der Waals surface area (Å²) in [6.07, 6.45) is 3.21. The van der Waals surface area contributed by atoms with Crippen molar-refractivity contribution in [3.63, 3.8) is 0 Å². The number of nitrogens with one attached hydrogen (secondary N) is 1. The van der Waals surface area contributed by atoms with Crippen molar-refractivity contribution in [2.75, 3.05) is 18.1 Å². The predicted molar refractivity (Wildman–Crippen MR) is 84.9 cm³/mol. The number of carbonyl (C=O) groups is 1. The average molecular weight is 312 g/mol. The van der Waals surface area contributed by atoms with Crippen molar-refractivity contribution >= 4 is 21.4 Å². The minimum Gasteiger partial charge on any atom is -0.330 e. The minimum absolute atomic E-state index is 0.0479. The smallest absolute Gasteiger partial charge is 0.224 e. The zero-order valence-corrected chi connectivity index (χ0v) is 13.7. The monoisotopic (exact) mass is 312 g/mol. The third kappa shape index (κ3) is 6.27. The summed E-state index contributed by atoms with van der Waals surface area (Å²) in [5, 5.41) is 2.77. The number of hydrogen-bond acceptors (Lipinski definition) is 4. The van der Waals surface area contributed by atoms with Gasteiger partial charge in [0, 0.05) is 18.4 Å². The molecule has 6 heteroatoms. The van der Waals surface area contributed by atoms with Crippen LogP contribution in [0.25, 0.3) is 0 Å². The summed E-state index contributed by atoms with van der Waals surface area (Å²) < 4.78 is 22.7. The second kappa shape index (κ2) is 7.04. The highest BCUT2D eigenvalue weighted by atomic mass is 32.2. The van der Waals surface area contributed by atoms with E-state index in [1.807, 2.05) is 0 Å². The third-order valence-electron chi connectivity index (χ3n) is 3.42. The van der Waals surface area contributed by atoms with E-state index < -0.39 is 9.84 Å². The van der Waals surface area contributed by atoms with Crippen molar-refractivity contribution in [1.29, 1.82) is 0 Å². The molecule has 0 aliphatic heterocycles. The molecule has 0 fully saturated rings. The topological polar surface area (TPSA) is 89.3 Å². The van der Waals surface area contributed by atoms with Gasteiger partial charge < -0.3 is 11.1 Å². The lowest BCUT2D eigenvalue weighted by Gasteiger charge is -2.23. The number of carbonyl (C=O) groups excluding carboxylic acids is 1. The molecule has 0 saturated heterocycles. The molecule has 0 heterocycles. The Hall–Kier alpha value is -1.40. The lowest BCUT2D eigenvalue weighted by molar-refractivity contribution is -0.116. The van der Waals surface area contributed by atoms with Gasteiger partial charge in [0.15, 0.2) is 9.84 Å². The molecule has 0 aromatic heterocycles. The maximum atomic E-state index is 11.9. The van der Waals surface area contributed by atoms with E-state index in [4.69, 9.17) is 5.73 Å². The Morgan fingerprint density at radius 3 is 2.24 bits per heavy atom. The summed E-state index contributed by atoms with van der Waals surface area (Å²) in [6.45, 7) is 4.80. The molecule has 3 N–H and O–H groups in total. The summed E-state index contributed by atoms with van der Waals surface area (Å²) in [4.78, 5) is 12.1. The first-order chi connectivity index (χ1) is 9.64. The molecule has 0 unspecified atom stereocenters. The Morgan fingerprint density at radius 1 is 1.19 bits per heavy atom. The first-order valence-corrected chi connectivity index (χ1v) is 8.83. The molecular formula is C15H24N2O3S. The normalized spacial score (nSPS) is 12.2. The van der Waals surface area contributed by atoms with Crippen LogP contribution in [0.3, 0.4) is 0 Å². The number of nitrogens with two attached hydrogens (primary N) is 1. The Kier molecular flexibility index (Phi) is 5.92. The van der Waals surface area contributed by atoms with Gasteiger partial charge in [-0.1, -0.05) is 13.8 Å². The summed E-state index contributed by atoms with van der Waals surface area (Å²) in [5.41, 5.74) is 6.19. The molecule has 0 radical (unpaired) electrons. The Balaban J connectivity index is 2.56. The van der Waals surface area contributed by atoms with Gasteiger partial charge in [0.25, 0.3) is 0 Å². The SMILES string of the molecule is CC(C)(CCN)CCC(=O)Nc1ccc(S(C)(=O)=O)cc1. The molecule has 1 aromatic carbocycles. The van der Waals surface area contributed by atoms with Crippen LogP contribution in [0.5, 0.6) is 0 Å². The van der Waals surface area contributed by atoms with E-state index in [1.54, 1.807) is 12.1 Å². The van der Waals surface area contributed by atoms with Crippen LogP contribution in [-0.4, -0.2) is 27.1 Å². The average Bonchev–Trinajstić information content (AvgIpc) is 2.36. The molecular weight excluding hydrogens is 288 g/mol. The highest BCUT2D eigenvalue weighted by molar-refractivity contribution is 7.90. The first kappa shape index (κ1) is 17.7. The van der Waals surface area contributed by atoms with Crippen molar-refractivity contribution in [2.45, 2.75) is 38.0 Å². The van der Waals surface area contributed by atoms with E-state index in [1.165, 1.54) is 12.1 Å². The quantitative estimate of drug-likeness (QED) is 0.807. The fourth-order valence-electron chi connectivity index (χ4n) is 1.98. The van der Waals surface area contributed by atoms with Crippen molar-refractivity contribution in [3.8, 4) is 0 Å². The van der Waals surface area contributed by atoms with Gasteiger partial charge in [-0.15, -0.1) is 0 Å². The molecule has 0 saturated carbocycles. The van der Waals surface area contributed by atoms with Crippen LogP contribution in [0.1, 0.15) is 33.1 Å². The van der Waals surface area contributed by atoms with Gasteiger partial charge in [0.2, 0.25) is 5.91 Å². The first-order valence-electron chi connectivity index (χ1n) is 6.94. The lowest BCUT2D eigenvalue weighted by atomic mass is 9.84. The molecule has 1 aromatic rings. The van der Waals surface area contributed by atoms with Gasteiger partial charge in [0.05, 0.1) is 4.90 Å². The molecule has 5 nitrogen and oxygen atoms in total. The summed E-state index contributed by atoms with van der Waals surface area (Å²) >= 11 is 0. The second-order valence-electron chi connectivity index (χ2n) is 6.05. The summed E-state index contributed by atoms with van der Waals surface area (Å²) in [7, 11) is -3.21. The van der Waals surface area contributed by atoms with E-state index in [0.717, 1.165) is 19.1 Å². The van der Waals surface area contributed by atoms with E-state index in [2.05, 4.69) is 19.2 Å². The third-order valence-corrected chi connectivity index (χ3v) is 4.54. The molecule has 21 heavy (non-hydrogen) atoms. The Morgan fingerprint density at radius 2 is 1.76 bits per heavy atom. The van der Waals surface area contributed by atoms with Gasteiger partial charge in [-0.2, -0.15) is 0 Å². The predicted octanol–water partition coefficient (Wildman–Crippen LogP) is 2.18. The molecule has 1 amide bonds. The van der Waals surface area contributed by atoms with Crippen molar-refractivity contribution in [1.82, 2.24) is 0 Å². The fourth-order valence-corrected chi connectivity index (χ4v) is 2.61. The van der Waals surface area contributed by atoms with E-state index in [9.17, 15) is 13.2 Å². The van der Waals surface area contributed by atoms with Crippen LogP contribution in [0, 0.1) is 5.41 Å². The highest BCUT2D eigenvalue weighted by Gasteiger charge is 2.18. The second-order valence-corrected chi connectivity index (χ2v) is 8.06. The molecule has 0 bridgehead atoms. The molecule has 0 spiro atoms. The Bertz CT molecular complexity index is 577. The fraction of sp³-hybridized carbons (Fsp3) is 0.533. The molecule has 0 aliphatic rings. The van der Waals surface area contributed by atoms with Crippen molar-refractivity contribution in [2.24, 2.45) is 11.1 Å². The molecule has 0 aliphatic carbocycles. The van der Waals surface area contributed by atoms with Crippen molar-refractivity contribution < 1.29 is 13.2 Å². The van der Waals surface area contributed by atoms with E-state index >= 15 is 0 Å². The van der Waals surface area contributed by atoms with E-state index in [-0.39, 0.29) is 16.2 Å². The standard InChI is InChI=1S/C15H24N2O3S/c1-15(2,10-11-16)9-8-14(18)17-12-4-6-13(7-5-12)21(3,19)20/h4-7H,8-11,16H2,1-3H3,(H,17,18). The van der Waals surface area contributed by atoms with Crippen LogP contribution >= 0.6 is 0 Å². The highest BCUT2D eigenvalue weighted by Crippen LogP contribution is 2.26. The van der Waals surface area contributed by atoms with Crippen LogP contribution in [0.15, 0.2) is 29.2 Å². The number of sulfone groups is 1.